The summed E-state index contributed by atoms with van der Waals surface area (Å²) in [5.41, 5.74) is -0.941. The Morgan fingerprint density at radius 3 is 2.71 bits per heavy atom. The minimum atomic E-state index is -0.941. The molecule has 4 nitrogen and oxygen atoms in total. The van der Waals surface area contributed by atoms with Crippen LogP contribution in [0.5, 0.6) is 0 Å². The van der Waals surface area contributed by atoms with Gasteiger partial charge in [0.25, 0.3) is 0 Å². The molecule has 0 aromatic heterocycles. The summed E-state index contributed by atoms with van der Waals surface area (Å²) in [6.07, 6.45) is 2.45. The van der Waals surface area contributed by atoms with Crippen molar-refractivity contribution in [3.63, 3.8) is 0 Å². The van der Waals surface area contributed by atoms with Gasteiger partial charge in [0.15, 0.2) is 0 Å². The molecule has 14 heavy (non-hydrogen) atoms. The lowest BCUT2D eigenvalue weighted by molar-refractivity contribution is -0.146. The van der Waals surface area contributed by atoms with Crippen molar-refractivity contribution >= 4 is 5.97 Å². The van der Waals surface area contributed by atoms with Gasteiger partial charge in [-0.2, -0.15) is 0 Å². The van der Waals surface area contributed by atoms with Crippen LogP contribution in [0, 0.1) is 5.92 Å². The first-order valence-electron chi connectivity index (χ1n) is 5.14. The molecule has 2 N–H and O–H groups in total. The summed E-state index contributed by atoms with van der Waals surface area (Å²) in [5.74, 6) is -0.176. The summed E-state index contributed by atoms with van der Waals surface area (Å²) in [6, 6.07) is 0. The number of nitrogens with one attached hydrogen (secondary N) is 1. The zero-order valence-corrected chi connectivity index (χ0v) is 8.88. The van der Waals surface area contributed by atoms with Gasteiger partial charge in [0.2, 0.25) is 0 Å². The third-order valence-corrected chi connectivity index (χ3v) is 2.48. The van der Waals surface area contributed by atoms with Crippen molar-refractivity contribution < 1.29 is 14.6 Å². The number of aliphatic carboxylic acids is 1. The predicted octanol–water partition coefficient (Wildman–Crippen LogP) is 0.866. The van der Waals surface area contributed by atoms with Crippen LogP contribution in [0.15, 0.2) is 0 Å². The number of carboxylic acid groups (broad SMARTS) is 1. The Bertz CT molecular complexity index is 204. The van der Waals surface area contributed by atoms with Crippen LogP contribution in [0.25, 0.3) is 0 Å². The highest BCUT2D eigenvalue weighted by Gasteiger charge is 2.33. The molecule has 82 valence electrons. The van der Waals surface area contributed by atoms with Crippen molar-refractivity contribution in [3.8, 4) is 0 Å². The van der Waals surface area contributed by atoms with E-state index in [1.54, 1.807) is 6.92 Å². The summed E-state index contributed by atoms with van der Waals surface area (Å²) in [5, 5.41) is 11.9. The largest absolute Gasteiger partial charge is 0.480 e. The van der Waals surface area contributed by atoms with Crippen LogP contribution in [0.2, 0.25) is 0 Å². The van der Waals surface area contributed by atoms with Gasteiger partial charge >= 0.3 is 5.97 Å². The quantitative estimate of drug-likeness (QED) is 0.641. The van der Waals surface area contributed by atoms with Crippen molar-refractivity contribution in [2.75, 3.05) is 19.8 Å². The average Bonchev–Trinajstić information content (AvgIpc) is 2.88. The monoisotopic (exact) mass is 201 g/mol. The van der Waals surface area contributed by atoms with E-state index in [1.165, 1.54) is 12.8 Å². The summed E-state index contributed by atoms with van der Waals surface area (Å²) in [6.45, 7) is 5.13. The van der Waals surface area contributed by atoms with Crippen molar-refractivity contribution in [1.29, 1.82) is 0 Å². The summed E-state index contributed by atoms with van der Waals surface area (Å²) in [4.78, 5) is 11.0. The SMILES string of the molecule is CCNC(C)(COCC1CC1)C(=O)O. The smallest absolute Gasteiger partial charge is 0.326 e. The second-order valence-corrected chi connectivity index (χ2v) is 4.13. The van der Waals surface area contributed by atoms with Gasteiger partial charge in [-0.05, 0) is 32.2 Å². The summed E-state index contributed by atoms with van der Waals surface area (Å²) < 4.78 is 5.39. The Kier molecular flexibility index (Phi) is 3.89. The van der Waals surface area contributed by atoms with E-state index in [0.717, 1.165) is 0 Å². The molecule has 0 heterocycles. The molecule has 1 atom stereocenters. The average molecular weight is 201 g/mol. The fourth-order valence-electron chi connectivity index (χ4n) is 1.29. The van der Waals surface area contributed by atoms with Gasteiger partial charge in [0.1, 0.15) is 5.54 Å². The zero-order valence-electron chi connectivity index (χ0n) is 8.88. The lowest BCUT2D eigenvalue weighted by Gasteiger charge is -2.25. The Morgan fingerprint density at radius 1 is 1.64 bits per heavy atom. The Balaban J connectivity index is 2.28. The normalized spacial score (nSPS) is 20.4. The third kappa shape index (κ3) is 3.27. The van der Waals surface area contributed by atoms with Gasteiger partial charge in [-0.15, -0.1) is 0 Å². The van der Waals surface area contributed by atoms with Gasteiger partial charge < -0.3 is 15.2 Å². The molecule has 1 fully saturated rings. The van der Waals surface area contributed by atoms with Crippen LogP contribution in [0.4, 0.5) is 0 Å². The molecule has 1 aliphatic carbocycles. The van der Waals surface area contributed by atoms with Crippen LogP contribution in [0.3, 0.4) is 0 Å². The Morgan fingerprint density at radius 2 is 2.29 bits per heavy atom. The van der Waals surface area contributed by atoms with E-state index in [9.17, 15) is 4.79 Å². The first-order chi connectivity index (χ1) is 6.58. The number of hydrogen-bond acceptors (Lipinski definition) is 3. The highest BCUT2D eigenvalue weighted by molar-refractivity contribution is 5.78. The van der Waals surface area contributed by atoms with Gasteiger partial charge in [-0.25, -0.2) is 0 Å². The van der Waals surface area contributed by atoms with Gasteiger partial charge in [0, 0.05) is 6.61 Å². The topological polar surface area (TPSA) is 58.6 Å². The predicted molar refractivity (Wildman–Crippen MR) is 53.3 cm³/mol. The molecule has 0 spiro atoms. The van der Waals surface area contributed by atoms with Crippen molar-refractivity contribution in [3.05, 3.63) is 0 Å². The molecule has 0 amide bonds. The minimum absolute atomic E-state index is 0.243. The van der Waals surface area contributed by atoms with Gasteiger partial charge in [-0.3, -0.25) is 4.79 Å². The number of carboxylic acids is 1. The summed E-state index contributed by atoms with van der Waals surface area (Å²) in [7, 11) is 0. The van der Waals surface area contributed by atoms with E-state index in [1.807, 2.05) is 6.92 Å². The molecular formula is C10H19NO3. The molecule has 1 rings (SSSR count). The Labute approximate surface area is 84.6 Å². The highest BCUT2D eigenvalue weighted by atomic mass is 16.5. The van der Waals surface area contributed by atoms with Crippen LogP contribution in [0.1, 0.15) is 26.7 Å². The van der Waals surface area contributed by atoms with Crippen LogP contribution in [-0.2, 0) is 9.53 Å². The number of hydrogen-bond donors (Lipinski definition) is 2. The lowest BCUT2D eigenvalue weighted by Crippen LogP contribution is -2.53. The van der Waals surface area contributed by atoms with E-state index < -0.39 is 11.5 Å². The van der Waals surface area contributed by atoms with E-state index in [0.29, 0.717) is 19.1 Å². The standard InChI is InChI=1S/C10H19NO3/c1-3-11-10(2,9(12)13)7-14-6-8-4-5-8/h8,11H,3-7H2,1-2H3,(H,12,13). The molecule has 1 saturated carbocycles. The van der Waals surface area contributed by atoms with Crippen LogP contribution < -0.4 is 5.32 Å². The summed E-state index contributed by atoms with van der Waals surface area (Å²) >= 11 is 0. The van der Waals surface area contributed by atoms with E-state index in [-0.39, 0.29) is 6.61 Å². The molecule has 1 aliphatic rings. The number of rotatable bonds is 7. The first kappa shape index (κ1) is 11.5. The van der Waals surface area contributed by atoms with Crippen LogP contribution in [-0.4, -0.2) is 36.4 Å². The molecule has 1 unspecified atom stereocenters. The second-order valence-electron chi connectivity index (χ2n) is 4.13. The molecular weight excluding hydrogens is 182 g/mol. The molecule has 0 aliphatic heterocycles. The number of likely N-dealkylation sites (N-methyl/N-ethyl adjacent to an activating group) is 1. The van der Waals surface area contributed by atoms with E-state index >= 15 is 0 Å². The third-order valence-electron chi connectivity index (χ3n) is 2.48. The number of ether oxygens (including phenoxy) is 1. The van der Waals surface area contributed by atoms with Crippen molar-refractivity contribution in [2.24, 2.45) is 5.92 Å². The molecule has 4 heteroatoms. The Hall–Kier alpha value is -0.610. The molecule has 0 radical (unpaired) electrons. The highest BCUT2D eigenvalue weighted by Crippen LogP contribution is 2.29. The van der Waals surface area contributed by atoms with Gasteiger partial charge in [0.05, 0.1) is 6.61 Å². The zero-order chi connectivity index (χ0) is 10.6. The van der Waals surface area contributed by atoms with E-state index in [4.69, 9.17) is 9.84 Å². The van der Waals surface area contributed by atoms with Crippen molar-refractivity contribution in [1.82, 2.24) is 5.32 Å². The van der Waals surface area contributed by atoms with Crippen molar-refractivity contribution in [2.45, 2.75) is 32.2 Å². The maximum Gasteiger partial charge on any atom is 0.326 e. The van der Waals surface area contributed by atoms with Crippen LogP contribution >= 0.6 is 0 Å². The maximum absolute atomic E-state index is 11.0. The molecule has 0 bridgehead atoms. The molecule has 0 saturated heterocycles. The van der Waals surface area contributed by atoms with E-state index in [2.05, 4.69) is 5.32 Å². The first-order valence-corrected chi connectivity index (χ1v) is 5.14. The fraction of sp³-hybridized carbons (Fsp3) is 0.900. The fourth-order valence-corrected chi connectivity index (χ4v) is 1.29. The molecule has 0 aromatic rings. The maximum atomic E-state index is 11.0. The minimum Gasteiger partial charge on any atom is -0.480 e. The molecule has 0 aromatic carbocycles. The second kappa shape index (κ2) is 4.75. The van der Waals surface area contributed by atoms with Gasteiger partial charge in [-0.1, -0.05) is 6.92 Å². The lowest BCUT2D eigenvalue weighted by atomic mass is 10.0. The number of carbonyl (C=O) groups is 1.